The monoisotopic (exact) mass is 219 g/mol. The topological polar surface area (TPSA) is 76.2 Å². The fourth-order valence-electron chi connectivity index (χ4n) is 1.15. The highest BCUT2D eigenvalue weighted by Crippen LogP contribution is 2.05. The van der Waals surface area contributed by atoms with Crippen molar-refractivity contribution in [2.45, 2.75) is 20.3 Å². The molecule has 5 heteroatoms. The van der Waals surface area contributed by atoms with Gasteiger partial charge in [-0.15, -0.1) is 0 Å². The highest BCUT2D eigenvalue weighted by molar-refractivity contribution is 6.00. The Hall–Kier alpha value is -1.91. The summed E-state index contributed by atoms with van der Waals surface area (Å²) in [6.45, 7) is 3.92. The van der Waals surface area contributed by atoms with Crippen molar-refractivity contribution >= 4 is 11.7 Å². The van der Waals surface area contributed by atoms with Gasteiger partial charge in [-0.25, -0.2) is 9.97 Å². The van der Waals surface area contributed by atoms with Gasteiger partial charge in [0.15, 0.2) is 0 Å². The molecular formula is C11H17N5. The smallest absolute Gasteiger partial charge is 0.227 e. The molecule has 0 fully saturated rings. The molecule has 0 bridgehead atoms. The Kier molecular flexibility index (Phi) is 4.44. The molecular weight excluding hydrogens is 202 g/mol. The minimum atomic E-state index is 0.541. The lowest BCUT2D eigenvalue weighted by molar-refractivity contribution is 1.00. The largest absolute Gasteiger partial charge is 0.403 e. The normalized spacial score (nSPS) is 12.7. The molecule has 0 aliphatic heterocycles. The number of rotatable bonds is 4. The molecule has 1 aromatic heterocycles. The summed E-state index contributed by atoms with van der Waals surface area (Å²) in [6, 6.07) is 1.89. The molecule has 0 saturated carbocycles. The predicted molar refractivity (Wildman–Crippen MR) is 66.3 cm³/mol. The summed E-state index contributed by atoms with van der Waals surface area (Å²) >= 11 is 0. The molecule has 3 N–H and O–H groups in total. The second-order valence-corrected chi connectivity index (χ2v) is 3.24. The fourth-order valence-corrected chi connectivity index (χ4v) is 1.15. The molecule has 0 atom stereocenters. The van der Waals surface area contributed by atoms with Gasteiger partial charge in [-0.1, -0.05) is 6.92 Å². The summed E-state index contributed by atoms with van der Waals surface area (Å²) in [6.07, 6.45) is 4.06. The first-order chi connectivity index (χ1) is 7.71. The van der Waals surface area contributed by atoms with Gasteiger partial charge in [0.25, 0.3) is 0 Å². The van der Waals surface area contributed by atoms with E-state index in [4.69, 9.17) is 5.73 Å². The number of aryl methyl sites for hydroxylation is 1. The first kappa shape index (κ1) is 12.2. The second kappa shape index (κ2) is 5.85. The number of nitrogens with zero attached hydrogens (tertiary/aromatic N) is 3. The van der Waals surface area contributed by atoms with Crippen molar-refractivity contribution in [3.63, 3.8) is 0 Å². The van der Waals surface area contributed by atoms with Crippen molar-refractivity contribution in [3.05, 3.63) is 29.9 Å². The fraction of sp³-hybridized carbons (Fsp3) is 0.364. The van der Waals surface area contributed by atoms with Crippen LogP contribution in [-0.4, -0.2) is 22.7 Å². The number of hydrogen-bond acceptors (Lipinski definition) is 5. The van der Waals surface area contributed by atoms with E-state index in [9.17, 15) is 0 Å². The van der Waals surface area contributed by atoms with Gasteiger partial charge in [-0.2, -0.15) is 0 Å². The summed E-state index contributed by atoms with van der Waals surface area (Å²) in [5.41, 5.74) is 8.02. The molecule has 1 rings (SSSR count). The Labute approximate surface area is 95.5 Å². The van der Waals surface area contributed by atoms with Crippen molar-refractivity contribution in [1.29, 1.82) is 0 Å². The lowest BCUT2D eigenvalue weighted by atomic mass is 10.3. The number of allylic oxidation sites excluding steroid dienone is 1. The van der Waals surface area contributed by atoms with Gasteiger partial charge in [-0.05, 0) is 19.4 Å². The number of hydrogen-bond donors (Lipinski definition) is 2. The standard InChI is InChI=1S/C11H17N5/c1-4-9-5-6-14-11(15-9)16-10(7-12)8(2)13-3/h5-7H,4,12H2,1-3H3,(H,14,15,16). The zero-order chi connectivity index (χ0) is 12.0. The van der Waals surface area contributed by atoms with Crippen molar-refractivity contribution in [1.82, 2.24) is 9.97 Å². The van der Waals surface area contributed by atoms with Gasteiger partial charge >= 0.3 is 0 Å². The van der Waals surface area contributed by atoms with E-state index in [1.165, 1.54) is 6.20 Å². The number of nitrogens with two attached hydrogens (primary N) is 1. The second-order valence-electron chi connectivity index (χ2n) is 3.24. The number of aliphatic imine (C=N–C) groups is 1. The Bertz CT molecular complexity index is 409. The number of aromatic nitrogens is 2. The predicted octanol–water partition coefficient (Wildman–Crippen LogP) is 1.34. The minimum Gasteiger partial charge on any atom is -0.403 e. The quantitative estimate of drug-likeness (QED) is 0.749. The SMILES string of the molecule is CCc1ccnc(NC(=CN)C(C)=NC)n1. The highest BCUT2D eigenvalue weighted by atomic mass is 15.1. The molecule has 0 saturated heterocycles. The van der Waals surface area contributed by atoms with Gasteiger partial charge in [0.2, 0.25) is 5.95 Å². The number of anilines is 1. The van der Waals surface area contributed by atoms with Crippen LogP contribution in [0.3, 0.4) is 0 Å². The Morgan fingerprint density at radius 2 is 2.38 bits per heavy atom. The van der Waals surface area contributed by atoms with E-state index in [0.717, 1.165) is 23.5 Å². The summed E-state index contributed by atoms with van der Waals surface area (Å²) in [4.78, 5) is 12.5. The first-order valence-electron chi connectivity index (χ1n) is 5.15. The molecule has 0 radical (unpaired) electrons. The van der Waals surface area contributed by atoms with Gasteiger partial charge in [0.05, 0.1) is 11.4 Å². The van der Waals surface area contributed by atoms with E-state index in [-0.39, 0.29) is 0 Å². The third-order valence-corrected chi connectivity index (χ3v) is 2.21. The third kappa shape index (κ3) is 3.05. The van der Waals surface area contributed by atoms with Crippen LogP contribution in [0.25, 0.3) is 0 Å². The molecule has 16 heavy (non-hydrogen) atoms. The Balaban J connectivity index is 2.87. The van der Waals surface area contributed by atoms with Crippen LogP contribution in [0, 0.1) is 0 Å². The third-order valence-electron chi connectivity index (χ3n) is 2.21. The molecule has 1 aromatic rings. The van der Waals surface area contributed by atoms with Crippen molar-refractivity contribution in [2.75, 3.05) is 12.4 Å². The summed E-state index contributed by atoms with van der Waals surface area (Å²) in [5.74, 6) is 0.541. The van der Waals surface area contributed by atoms with Gasteiger partial charge in [0, 0.05) is 25.1 Å². The van der Waals surface area contributed by atoms with E-state index < -0.39 is 0 Å². The lowest BCUT2D eigenvalue weighted by Crippen LogP contribution is -2.13. The van der Waals surface area contributed by atoms with Crippen LogP contribution < -0.4 is 11.1 Å². The summed E-state index contributed by atoms with van der Waals surface area (Å²) in [7, 11) is 1.71. The van der Waals surface area contributed by atoms with Crippen LogP contribution in [0.1, 0.15) is 19.5 Å². The van der Waals surface area contributed by atoms with Crippen LogP contribution in [-0.2, 0) is 6.42 Å². The van der Waals surface area contributed by atoms with Crippen LogP contribution >= 0.6 is 0 Å². The Morgan fingerprint density at radius 1 is 1.62 bits per heavy atom. The molecule has 0 aromatic carbocycles. The molecule has 86 valence electrons. The molecule has 0 amide bonds. The van der Waals surface area contributed by atoms with Crippen LogP contribution in [0.4, 0.5) is 5.95 Å². The van der Waals surface area contributed by atoms with Crippen LogP contribution in [0.5, 0.6) is 0 Å². The van der Waals surface area contributed by atoms with E-state index >= 15 is 0 Å². The van der Waals surface area contributed by atoms with E-state index in [1.807, 2.05) is 19.9 Å². The van der Waals surface area contributed by atoms with Crippen LogP contribution in [0.2, 0.25) is 0 Å². The number of nitrogens with one attached hydrogen (secondary N) is 1. The maximum absolute atomic E-state index is 5.51. The van der Waals surface area contributed by atoms with Crippen molar-refractivity contribution in [3.8, 4) is 0 Å². The maximum atomic E-state index is 5.51. The van der Waals surface area contributed by atoms with Gasteiger partial charge in [0.1, 0.15) is 0 Å². The minimum absolute atomic E-state index is 0.541. The van der Waals surface area contributed by atoms with Crippen LogP contribution in [0.15, 0.2) is 29.2 Å². The molecule has 5 nitrogen and oxygen atoms in total. The summed E-state index contributed by atoms with van der Waals surface area (Å²) < 4.78 is 0. The molecule has 0 spiro atoms. The van der Waals surface area contributed by atoms with E-state index in [0.29, 0.717) is 5.95 Å². The van der Waals surface area contributed by atoms with Gasteiger partial charge < -0.3 is 11.1 Å². The van der Waals surface area contributed by atoms with E-state index in [1.54, 1.807) is 13.2 Å². The Morgan fingerprint density at radius 3 is 2.94 bits per heavy atom. The average molecular weight is 219 g/mol. The molecule has 0 unspecified atom stereocenters. The first-order valence-corrected chi connectivity index (χ1v) is 5.15. The van der Waals surface area contributed by atoms with E-state index in [2.05, 4.69) is 20.3 Å². The maximum Gasteiger partial charge on any atom is 0.227 e. The van der Waals surface area contributed by atoms with Crippen molar-refractivity contribution < 1.29 is 0 Å². The zero-order valence-corrected chi connectivity index (χ0v) is 9.86. The lowest BCUT2D eigenvalue weighted by Gasteiger charge is -2.08. The van der Waals surface area contributed by atoms with Gasteiger partial charge in [-0.3, -0.25) is 4.99 Å². The zero-order valence-electron chi connectivity index (χ0n) is 9.86. The summed E-state index contributed by atoms with van der Waals surface area (Å²) in [5, 5.41) is 3.04. The molecule has 1 heterocycles. The average Bonchev–Trinajstić information content (AvgIpc) is 2.35. The highest BCUT2D eigenvalue weighted by Gasteiger charge is 2.03. The molecule has 0 aliphatic carbocycles. The van der Waals surface area contributed by atoms with Crippen molar-refractivity contribution in [2.24, 2.45) is 10.7 Å². The molecule has 0 aliphatic rings.